The van der Waals surface area contributed by atoms with E-state index in [1.165, 1.54) is 11.3 Å². The van der Waals surface area contributed by atoms with Crippen molar-refractivity contribution in [3.63, 3.8) is 0 Å². The molecule has 0 aliphatic rings. The maximum atomic E-state index is 12.5. The second kappa shape index (κ2) is 7.32. The molecule has 25 heavy (non-hydrogen) atoms. The van der Waals surface area contributed by atoms with Gasteiger partial charge in [-0.1, -0.05) is 24.3 Å². The van der Waals surface area contributed by atoms with Crippen LogP contribution >= 0.6 is 11.3 Å². The first-order valence-electron chi connectivity index (χ1n) is 7.88. The Bertz CT molecular complexity index is 916. The third kappa shape index (κ3) is 3.95. The zero-order valence-electron chi connectivity index (χ0n) is 14.0. The number of para-hydroxylation sites is 1. The van der Waals surface area contributed by atoms with Crippen LogP contribution in [-0.4, -0.2) is 11.8 Å². The third-order valence-corrected chi connectivity index (χ3v) is 4.82. The van der Waals surface area contributed by atoms with Crippen LogP contribution in [0.2, 0.25) is 0 Å². The van der Waals surface area contributed by atoms with Gasteiger partial charge in [-0.2, -0.15) is 0 Å². The van der Waals surface area contributed by atoms with Gasteiger partial charge in [-0.05, 0) is 55.8 Å². The summed E-state index contributed by atoms with van der Waals surface area (Å²) in [5.41, 5.74) is 2.63. The molecule has 0 radical (unpaired) electrons. The highest BCUT2D eigenvalue weighted by atomic mass is 32.1. The van der Waals surface area contributed by atoms with Gasteiger partial charge in [0.15, 0.2) is 0 Å². The predicted octanol–water partition coefficient (Wildman–Crippen LogP) is 4.87. The van der Waals surface area contributed by atoms with Crippen LogP contribution in [0.3, 0.4) is 0 Å². The van der Waals surface area contributed by atoms with Gasteiger partial charge in [0.1, 0.15) is 0 Å². The van der Waals surface area contributed by atoms with Gasteiger partial charge in [-0.25, -0.2) is 0 Å². The van der Waals surface area contributed by atoms with Gasteiger partial charge in [0.2, 0.25) is 0 Å². The highest BCUT2D eigenvalue weighted by molar-refractivity contribution is 7.14. The molecular weight excluding hydrogens is 332 g/mol. The minimum Gasteiger partial charge on any atom is -0.322 e. The van der Waals surface area contributed by atoms with Gasteiger partial charge in [-0.15, -0.1) is 11.3 Å². The summed E-state index contributed by atoms with van der Waals surface area (Å²) < 4.78 is 0. The highest BCUT2D eigenvalue weighted by Gasteiger charge is 2.15. The Hall–Kier alpha value is -2.92. The topological polar surface area (TPSA) is 58.2 Å². The van der Waals surface area contributed by atoms with Crippen molar-refractivity contribution in [2.24, 2.45) is 0 Å². The molecule has 3 rings (SSSR count). The van der Waals surface area contributed by atoms with Gasteiger partial charge in [-0.3, -0.25) is 9.59 Å². The molecule has 0 spiro atoms. The third-order valence-electron chi connectivity index (χ3n) is 3.82. The molecule has 0 aliphatic carbocycles. The second-order valence-corrected chi connectivity index (χ2v) is 6.95. The highest BCUT2D eigenvalue weighted by Crippen LogP contribution is 2.22. The molecule has 3 aromatic rings. The fraction of sp³-hybridized carbons (Fsp3) is 0.100. The van der Waals surface area contributed by atoms with Gasteiger partial charge < -0.3 is 10.6 Å². The quantitative estimate of drug-likeness (QED) is 0.705. The van der Waals surface area contributed by atoms with E-state index >= 15 is 0 Å². The monoisotopic (exact) mass is 350 g/mol. The zero-order valence-corrected chi connectivity index (χ0v) is 14.8. The smallest absolute Gasteiger partial charge is 0.265 e. The summed E-state index contributed by atoms with van der Waals surface area (Å²) in [4.78, 5) is 26.6. The molecule has 2 amide bonds. The molecular formula is C20H18N2O2S. The number of aryl methyl sites for hydroxylation is 1. The molecule has 5 heteroatoms. The molecule has 126 valence electrons. The van der Waals surface area contributed by atoms with Crippen LogP contribution in [0.5, 0.6) is 0 Å². The fourth-order valence-corrected chi connectivity index (χ4v) is 3.24. The van der Waals surface area contributed by atoms with E-state index in [-0.39, 0.29) is 11.8 Å². The van der Waals surface area contributed by atoms with E-state index in [9.17, 15) is 9.59 Å². The van der Waals surface area contributed by atoms with Crippen molar-refractivity contribution in [2.75, 3.05) is 10.6 Å². The van der Waals surface area contributed by atoms with Crippen LogP contribution in [0, 0.1) is 13.8 Å². The number of benzene rings is 2. The molecule has 0 fully saturated rings. The number of hydrogen-bond acceptors (Lipinski definition) is 3. The molecule has 0 saturated carbocycles. The van der Waals surface area contributed by atoms with Crippen molar-refractivity contribution in [3.05, 3.63) is 81.5 Å². The molecule has 0 saturated heterocycles. The fourth-order valence-electron chi connectivity index (χ4n) is 2.48. The van der Waals surface area contributed by atoms with Gasteiger partial charge in [0.05, 0.1) is 4.88 Å². The average molecular weight is 350 g/mol. The molecule has 0 unspecified atom stereocenters. The molecule has 1 aromatic heterocycles. The molecule has 2 aromatic carbocycles. The second-order valence-electron chi connectivity index (χ2n) is 5.66. The van der Waals surface area contributed by atoms with E-state index < -0.39 is 0 Å². The largest absolute Gasteiger partial charge is 0.322 e. The van der Waals surface area contributed by atoms with Crippen molar-refractivity contribution < 1.29 is 9.59 Å². The lowest BCUT2D eigenvalue weighted by atomic mass is 10.1. The minimum absolute atomic E-state index is 0.165. The summed E-state index contributed by atoms with van der Waals surface area (Å²) in [6.45, 7) is 3.79. The van der Waals surface area contributed by atoms with Crippen molar-refractivity contribution >= 4 is 34.5 Å². The van der Waals surface area contributed by atoms with Crippen LogP contribution in [0.1, 0.15) is 30.5 Å². The Balaban J connectivity index is 1.80. The summed E-state index contributed by atoms with van der Waals surface area (Å²) in [6.07, 6.45) is 0. The van der Waals surface area contributed by atoms with E-state index in [1.54, 1.807) is 24.3 Å². The number of nitrogens with one attached hydrogen (secondary N) is 2. The SMILES string of the molecule is Cc1ccc(C(=O)Nc2cccc(C(=O)Nc3ccccc3)c2C)s1. The van der Waals surface area contributed by atoms with Gasteiger partial charge in [0.25, 0.3) is 11.8 Å². The lowest BCUT2D eigenvalue weighted by molar-refractivity contribution is 0.101. The standard InChI is InChI=1S/C20H18N2O2S/c1-13-11-12-18(25-13)20(24)22-17-10-6-9-16(14(17)2)19(23)21-15-7-4-3-5-8-15/h3-12H,1-2H3,(H,21,23)(H,22,24). The molecule has 4 nitrogen and oxygen atoms in total. The van der Waals surface area contributed by atoms with Crippen molar-refractivity contribution in [1.29, 1.82) is 0 Å². The molecule has 1 heterocycles. The van der Waals surface area contributed by atoms with E-state index in [4.69, 9.17) is 0 Å². The predicted molar refractivity (Wildman–Crippen MR) is 103 cm³/mol. The maximum absolute atomic E-state index is 12.5. The van der Waals surface area contributed by atoms with Gasteiger partial charge in [0, 0.05) is 21.8 Å². The maximum Gasteiger partial charge on any atom is 0.265 e. The number of amides is 2. The summed E-state index contributed by atoms with van der Waals surface area (Å²) in [6, 6.07) is 18.3. The number of carbonyl (C=O) groups is 2. The first kappa shape index (κ1) is 16.9. The Morgan fingerprint density at radius 2 is 1.56 bits per heavy atom. The zero-order chi connectivity index (χ0) is 17.8. The summed E-state index contributed by atoms with van der Waals surface area (Å²) in [7, 11) is 0. The normalized spacial score (nSPS) is 10.3. The van der Waals surface area contributed by atoms with E-state index in [0.717, 1.165) is 16.1 Å². The molecule has 2 N–H and O–H groups in total. The molecule has 0 bridgehead atoms. The minimum atomic E-state index is -0.202. The number of hydrogen-bond donors (Lipinski definition) is 2. The van der Waals surface area contributed by atoms with Crippen LogP contribution in [0.15, 0.2) is 60.7 Å². The lowest BCUT2D eigenvalue weighted by Crippen LogP contribution is -2.16. The molecule has 0 atom stereocenters. The summed E-state index contributed by atoms with van der Waals surface area (Å²) >= 11 is 1.44. The average Bonchev–Trinajstić information content (AvgIpc) is 3.04. The Labute approximate surface area is 150 Å². The first-order chi connectivity index (χ1) is 12.0. The van der Waals surface area contributed by atoms with Crippen molar-refractivity contribution in [3.8, 4) is 0 Å². The van der Waals surface area contributed by atoms with Crippen LogP contribution < -0.4 is 10.6 Å². The first-order valence-corrected chi connectivity index (χ1v) is 8.70. The van der Waals surface area contributed by atoms with Crippen LogP contribution in [0.4, 0.5) is 11.4 Å². The van der Waals surface area contributed by atoms with Crippen molar-refractivity contribution in [2.45, 2.75) is 13.8 Å². The Morgan fingerprint density at radius 1 is 0.800 bits per heavy atom. The van der Waals surface area contributed by atoms with E-state index in [1.807, 2.05) is 50.2 Å². The number of rotatable bonds is 4. The lowest BCUT2D eigenvalue weighted by Gasteiger charge is -2.12. The number of anilines is 2. The Morgan fingerprint density at radius 3 is 2.24 bits per heavy atom. The molecule has 0 aliphatic heterocycles. The number of thiophene rings is 1. The number of carbonyl (C=O) groups excluding carboxylic acids is 2. The van der Waals surface area contributed by atoms with Crippen molar-refractivity contribution in [1.82, 2.24) is 0 Å². The van der Waals surface area contributed by atoms with Gasteiger partial charge >= 0.3 is 0 Å². The summed E-state index contributed by atoms with van der Waals surface area (Å²) in [5, 5.41) is 5.76. The Kier molecular flexibility index (Phi) is 4.95. The van der Waals surface area contributed by atoms with E-state index in [0.29, 0.717) is 16.1 Å². The van der Waals surface area contributed by atoms with Crippen LogP contribution in [-0.2, 0) is 0 Å². The summed E-state index contributed by atoms with van der Waals surface area (Å²) in [5.74, 6) is -0.367. The van der Waals surface area contributed by atoms with Crippen LogP contribution in [0.25, 0.3) is 0 Å². The van der Waals surface area contributed by atoms with E-state index in [2.05, 4.69) is 10.6 Å².